The van der Waals surface area contributed by atoms with E-state index in [4.69, 9.17) is 10.1 Å². The van der Waals surface area contributed by atoms with Crippen molar-refractivity contribution in [1.29, 1.82) is 5.41 Å². The first-order chi connectivity index (χ1) is 9.90. The number of rotatable bonds is 4. The summed E-state index contributed by atoms with van der Waals surface area (Å²) in [6.45, 7) is 1.79. The minimum absolute atomic E-state index is 0.0992. The van der Waals surface area contributed by atoms with Crippen LogP contribution >= 0.6 is 0 Å². The van der Waals surface area contributed by atoms with E-state index in [1.165, 1.54) is 0 Å². The van der Waals surface area contributed by atoms with Crippen molar-refractivity contribution in [2.75, 3.05) is 14.1 Å². The van der Waals surface area contributed by atoms with E-state index in [0.29, 0.717) is 0 Å². The third kappa shape index (κ3) is 6.05. The minimum atomic E-state index is -0.790. The molecular formula is C14H20N4O3. The molecule has 1 rings (SSSR count). The summed E-state index contributed by atoms with van der Waals surface area (Å²) >= 11 is 0. The third-order valence-corrected chi connectivity index (χ3v) is 2.84. The molecule has 1 aromatic rings. The lowest BCUT2D eigenvalue weighted by Gasteiger charge is -2.19. The number of alkyl carbamates (subject to hydrolysis) is 1. The smallest absolute Gasteiger partial charge is 0.414 e. The number of ether oxygens (including phenoxy) is 1. The molecule has 2 amide bonds. The maximum absolute atomic E-state index is 11.7. The second-order valence-electron chi connectivity index (χ2n) is 4.69. The van der Waals surface area contributed by atoms with Gasteiger partial charge < -0.3 is 4.74 Å². The lowest BCUT2D eigenvalue weighted by molar-refractivity contribution is -0.123. The monoisotopic (exact) mass is 292 g/mol. The average molecular weight is 292 g/mol. The van der Waals surface area contributed by atoms with Gasteiger partial charge in [-0.25, -0.2) is 4.79 Å². The molecule has 7 nitrogen and oxygen atoms in total. The number of carbonyl (C=O) groups excluding carboxylic acids is 2. The van der Waals surface area contributed by atoms with Gasteiger partial charge in [-0.1, -0.05) is 30.3 Å². The Morgan fingerprint density at radius 2 is 1.86 bits per heavy atom. The Morgan fingerprint density at radius 3 is 2.43 bits per heavy atom. The number of carbonyl (C=O) groups is 2. The fraction of sp³-hybridized carbons (Fsp3) is 0.357. The zero-order valence-electron chi connectivity index (χ0n) is 12.3. The normalized spacial score (nSPS) is 11.6. The van der Waals surface area contributed by atoms with E-state index in [0.717, 1.165) is 5.56 Å². The first-order valence-electron chi connectivity index (χ1n) is 6.43. The predicted octanol–water partition coefficient (Wildman–Crippen LogP) is 0.914. The molecule has 0 bridgehead atoms. The van der Waals surface area contributed by atoms with Gasteiger partial charge in [0, 0.05) is 0 Å². The van der Waals surface area contributed by atoms with E-state index < -0.39 is 18.1 Å². The first kappa shape index (κ1) is 16.6. The maximum atomic E-state index is 11.7. The number of nitrogens with one attached hydrogen (secondary N) is 3. The molecule has 0 saturated carbocycles. The van der Waals surface area contributed by atoms with Gasteiger partial charge >= 0.3 is 6.09 Å². The highest BCUT2D eigenvalue weighted by atomic mass is 16.5. The molecule has 114 valence electrons. The van der Waals surface area contributed by atoms with E-state index in [2.05, 4.69) is 10.6 Å². The number of hydrogen-bond donors (Lipinski definition) is 3. The van der Waals surface area contributed by atoms with Gasteiger partial charge in [0.1, 0.15) is 6.61 Å². The van der Waals surface area contributed by atoms with Gasteiger partial charge in [-0.2, -0.15) is 0 Å². The van der Waals surface area contributed by atoms with Crippen LogP contribution in [0.15, 0.2) is 30.3 Å². The van der Waals surface area contributed by atoms with E-state index in [-0.39, 0.29) is 12.5 Å². The third-order valence-electron chi connectivity index (χ3n) is 2.84. The first-order valence-corrected chi connectivity index (χ1v) is 6.43. The Kier molecular flexibility index (Phi) is 6.35. The van der Waals surface area contributed by atoms with Crippen LogP contribution in [0.4, 0.5) is 4.79 Å². The van der Waals surface area contributed by atoms with E-state index in [1.54, 1.807) is 25.9 Å². The Balaban J connectivity index is 2.34. The van der Waals surface area contributed by atoms with Gasteiger partial charge in [-0.05, 0) is 26.6 Å². The number of benzene rings is 1. The number of nitrogens with zero attached hydrogens (tertiary/aromatic N) is 1. The van der Waals surface area contributed by atoms with E-state index in [1.807, 2.05) is 30.3 Å². The zero-order valence-corrected chi connectivity index (χ0v) is 12.3. The van der Waals surface area contributed by atoms with Crippen LogP contribution in [-0.2, 0) is 16.1 Å². The van der Waals surface area contributed by atoms with Crippen LogP contribution in [0.3, 0.4) is 0 Å². The van der Waals surface area contributed by atoms with E-state index >= 15 is 0 Å². The molecule has 0 saturated heterocycles. The molecule has 1 atom stereocenters. The molecule has 0 unspecified atom stereocenters. The van der Waals surface area contributed by atoms with Crippen molar-refractivity contribution in [3.63, 3.8) is 0 Å². The van der Waals surface area contributed by atoms with Crippen LogP contribution in [-0.4, -0.2) is 43.0 Å². The van der Waals surface area contributed by atoms with Gasteiger partial charge in [0.2, 0.25) is 11.9 Å². The predicted molar refractivity (Wildman–Crippen MR) is 78.8 cm³/mol. The highest BCUT2D eigenvalue weighted by Gasteiger charge is 2.17. The van der Waals surface area contributed by atoms with Crippen molar-refractivity contribution >= 4 is 18.0 Å². The van der Waals surface area contributed by atoms with Crippen molar-refractivity contribution in [1.82, 2.24) is 15.5 Å². The maximum Gasteiger partial charge on any atom is 0.414 e. The van der Waals surface area contributed by atoms with Crippen molar-refractivity contribution in [3.8, 4) is 0 Å². The Morgan fingerprint density at radius 1 is 1.24 bits per heavy atom. The van der Waals surface area contributed by atoms with Gasteiger partial charge in [0.25, 0.3) is 0 Å². The Hall–Kier alpha value is -2.41. The molecular weight excluding hydrogens is 272 g/mol. The Labute approximate surface area is 123 Å². The molecule has 0 radical (unpaired) electrons. The Bertz CT molecular complexity index is 502. The fourth-order valence-electron chi connectivity index (χ4n) is 1.35. The van der Waals surface area contributed by atoms with Gasteiger partial charge in [0.15, 0.2) is 0 Å². The fourth-order valence-corrected chi connectivity index (χ4v) is 1.35. The topological polar surface area (TPSA) is 94.5 Å². The molecule has 7 heteroatoms. The van der Waals surface area contributed by atoms with Crippen molar-refractivity contribution in [2.24, 2.45) is 0 Å². The molecule has 0 aliphatic rings. The van der Waals surface area contributed by atoms with Crippen LogP contribution in [0.5, 0.6) is 0 Å². The summed E-state index contributed by atoms with van der Waals surface area (Å²) in [5, 5.41) is 11.9. The summed E-state index contributed by atoms with van der Waals surface area (Å²) < 4.78 is 4.94. The summed E-state index contributed by atoms with van der Waals surface area (Å²) in [6.07, 6.45) is -0.790. The average Bonchev–Trinajstić information content (AvgIpc) is 2.45. The van der Waals surface area contributed by atoms with Crippen molar-refractivity contribution < 1.29 is 14.3 Å². The second-order valence-corrected chi connectivity index (χ2v) is 4.69. The number of guanidine groups is 1. The summed E-state index contributed by atoms with van der Waals surface area (Å²) in [5.41, 5.74) is 0.837. The van der Waals surface area contributed by atoms with Gasteiger partial charge in [-0.15, -0.1) is 0 Å². The van der Waals surface area contributed by atoms with Crippen LogP contribution < -0.4 is 10.6 Å². The molecule has 0 fully saturated rings. The SMILES string of the molecule is C[C@H](C(=O)NC(=N)NC(=O)OCc1ccccc1)N(C)C. The molecule has 3 N–H and O–H groups in total. The molecule has 21 heavy (non-hydrogen) atoms. The number of likely N-dealkylation sites (N-methyl/N-ethyl adjacent to an activating group) is 1. The van der Waals surface area contributed by atoms with Crippen LogP contribution in [0.25, 0.3) is 0 Å². The minimum Gasteiger partial charge on any atom is -0.444 e. The summed E-state index contributed by atoms with van der Waals surface area (Å²) in [5.74, 6) is -0.792. The highest BCUT2D eigenvalue weighted by Crippen LogP contribution is 2.00. The van der Waals surface area contributed by atoms with Crippen LogP contribution in [0.1, 0.15) is 12.5 Å². The lowest BCUT2D eigenvalue weighted by atomic mass is 10.2. The number of amides is 2. The second kappa shape index (κ2) is 8.01. The van der Waals surface area contributed by atoms with Crippen molar-refractivity contribution in [2.45, 2.75) is 19.6 Å². The summed E-state index contributed by atoms with van der Waals surface area (Å²) in [7, 11) is 3.49. The van der Waals surface area contributed by atoms with Crippen molar-refractivity contribution in [3.05, 3.63) is 35.9 Å². The molecule has 0 heterocycles. The van der Waals surface area contributed by atoms with Crippen LogP contribution in [0.2, 0.25) is 0 Å². The summed E-state index contributed by atoms with van der Waals surface area (Å²) in [4.78, 5) is 24.8. The van der Waals surface area contributed by atoms with Gasteiger partial charge in [-0.3, -0.25) is 25.7 Å². The number of hydrogen-bond acceptors (Lipinski definition) is 5. The molecule has 1 aromatic carbocycles. The highest BCUT2D eigenvalue weighted by molar-refractivity contribution is 6.02. The van der Waals surface area contributed by atoms with Gasteiger partial charge in [0.05, 0.1) is 6.04 Å². The molecule has 0 aromatic heterocycles. The van der Waals surface area contributed by atoms with Crippen LogP contribution in [0, 0.1) is 5.41 Å². The quantitative estimate of drug-likeness (QED) is 0.568. The largest absolute Gasteiger partial charge is 0.444 e. The van der Waals surface area contributed by atoms with E-state index in [9.17, 15) is 9.59 Å². The summed E-state index contributed by atoms with van der Waals surface area (Å²) in [6, 6.07) is 8.76. The molecule has 0 aliphatic heterocycles. The molecule has 0 aliphatic carbocycles. The molecule has 0 spiro atoms. The lowest BCUT2D eigenvalue weighted by Crippen LogP contribution is -2.49. The zero-order chi connectivity index (χ0) is 15.8. The standard InChI is InChI=1S/C14H20N4O3/c1-10(18(2)3)12(19)16-13(15)17-14(20)21-9-11-7-5-4-6-8-11/h4-8,10H,9H2,1-3H3,(H3,15,16,17,19,20)/t10-/m1/s1.